The molecule has 0 saturated carbocycles. The van der Waals surface area contributed by atoms with Crippen LogP contribution in [0.5, 0.6) is 0 Å². The lowest BCUT2D eigenvalue weighted by Crippen LogP contribution is -2.36. The van der Waals surface area contributed by atoms with Gasteiger partial charge in [0.25, 0.3) is 0 Å². The van der Waals surface area contributed by atoms with Crippen molar-refractivity contribution in [3.8, 4) is 0 Å². The lowest BCUT2D eigenvalue weighted by atomic mass is 10.0. The molecule has 0 saturated heterocycles. The van der Waals surface area contributed by atoms with E-state index < -0.39 is 5.60 Å². The van der Waals surface area contributed by atoms with Crippen LogP contribution in [0.15, 0.2) is 0 Å². The highest BCUT2D eigenvalue weighted by Crippen LogP contribution is 2.10. The maximum Gasteiger partial charge on any atom is 0.0742 e. The molecule has 4 heteroatoms. The molecule has 1 unspecified atom stereocenters. The van der Waals surface area contributed by atoms with E-state index in [1.54, 1.807) is 0 Å². The third-order valence-corrected chi connectivity index (χ3v) is 2.49. The van der Waals surface area contributed by atoms with Gasteiger partial charge in [0.1, 0.15) is 0 Å². The molecule has 0 rings (SSSR count). The molecule has 0 aromatic heterocycles. The number of nitrogens with two attached hydrogens (primary N) is 1. The largest absolute Gasteiger partial charge is 0.393 e. The molecule has 0 aromatic carbocycles. The van der Waals surface area contributed by atoms with Crippen LogP contribution in [0.25, 0.3) is 0 Å². The van der Waals surface area contributed by atoms with Crippen LogP contribution in [-0.4, -0.2) is 40.2 Å². The second-order valence-corrected chi connectivity index (χ2v) is 5.09. The lowest BCUT2D eigenvalue weighted by molar-refractivity contribution is 0.0570. The monoisotopic (exact) mass is 218 g/mol. The molecular formula is C10H22N2OS. The number of hydrogen-bond acceptors (Lipinski definition) is 3. The first-order valence-corrected chi connectivity index (χ1v) is 5.34. The van der Waals surface area contributed by atoms with E-state index in [1.165, 1.54) is 0 Å². The molecule has 3 nitrogen and oxygen atoms in total. The molecule has 0 aromatic rings. The van der Waals surface area contributed by atoms with E-state index in [2.05, 4.69) is 11.8 Å². The molecule has 84 valence electrons. The summed E-state index contributed by atoms with van der Waals surface area (Å²) in [6.07, 6.45) is 1.49. The Hall–Kier alpha value is -0.190. The number of rotatable bonds is 6. The smallest absolute Gasteiger partial charge is 0.0742 e. The van der Waals surface area contributed by atoms with Gasteiger partial charge >= 0.3 is 0 Å². The molecular weight excluding hydrogens is 196 g/mol. The third kappa shape index (κ3) is 7.24. The first kappa shape index (κ1) is 13.8. The molecule has 1 atom stereocenters. The van der Waals surface area contributed by atoms with Crippen molar-refractivity contribution in [1.82, 2.24) is 4.90 Å². The molecule has 0 spiro atoms. The Bertz CT molecular complexity index is 189. The van der Waals surface area contributed by atoms with E-state index in [9.17, 15) is 5.11 Å². The molecule has 0 aliphatic carbocycles. The Labute approximate surface area is 92.3 Å². The standard InChI is InChI=1S/C10H22N2OS/c1-8(7-9(11)14)12(4)6-5-10(2,3)13/h8,13H,5-7H2,1-4H3,(H2,11,14). The zero-order valence-electron chi connectivity index (χ0n) is 9.58. The number of hydrogen-bond donors (Lipinski definition) is 2. The second kappa shape index (κ2) is 5.63. The average Bonchev–Trinajstić information content (AvgIpc) is 1.97. The average molecular weight is 218 g/mol. The van der Waals surface area contributed by atoms with Crippen LogP contribution in [-0.2, 0) is 0 Å². The molecule has 0 bridgehead atoms. The molecule has 0 heterocycles. The van der Waals surface area contributed by atoms with Crippen molar-refractivity contribution in [2.24, 2.45) is 5.73 Å². The molecule has 0 fully saturated rings. The van der Waals surface area contributed by atoms with Gasteiger partial charge in [-0.05, 0) is 34.2 Å². The summed E-state index contributed by atoms with van der Waals surface area (Å²) in [6.45, 7) is 6.58. The zero-order valence-corrected chi connectivity index (χ0v) is 10.4. The third-order valence-electron chi connectivity index (χ3n) is 2.33. The minimum atomic E-state index is -0.600. The Morgan fingerprint density at radius 3 is 2.43 bits per heavy atom. The van der Waals surface area contributed by atoms with Crippen molar-refractivity contribution in [3.63, 3.8) is 0 Å². The summed E-state index contributed by atoms with van der Waals surface area (Å²) in [7, 11) is 2.02. The van der Waals surface area contributed by atoms with Gasteiger partial charge in [-0.3, -0.25) is 0 Å². The van der Waals surface area contributed by atoms with Crippen LogP contribution in [0.2, 0.25) is 0 Å². The topological polar surface area (TPSA) is 49.5 Å². The summed E-state index contributed by atoms with van der Waals surface area (Å²) in [6, 6.07) is 0.342. The highest BCUT2D eigenvalue weighted by Gasteiger charge is 2.16. The second-order valence-electron chi connectivity index (χ2n) is 4.56. The van der Waals surface area contributed by atoms with Gasteiger partial charge in [0, 0.05) is 19.0 Å². The van der Waals surface area contributed by atoms with Gasteiger partial charge in [0.2, 0.25) is 0 Å². The Kier molecular flexibility index (Phi) is 5.56. The SMILES string of the molecule is CC(CC(N)=S)N(C)CCC(C)(C)O. The first-order chi connectivity index (χ1) is 6.22. The quantitative estimate of drug-likeness (QED) is 0.657. The van der Waals surface area contributed by atoms with Crippen LogP contribution in [0.4, 0.5) is 0 Å². The summed E-state index contributed by atoms with van der Waals surface area (Å²) in [5, 5.41) is 9.55. The minimum Gasteiger partial charge on any atom is -0.393 e. The Balaban J connectivity index is 3.84. The summed E-state index contributed by atoms with van der Waals surface area (Å²) >= 11 is 4.85. The molecule has 0 aliphatic heterocycles. The molecule has 0 amide bonds. The number of aliphatic hydroxyl groups is 1. The van der Waals surface area contributed by atoms with E-state index >= 15 is 0 Å². The van der Waals surface area contributed by atoms with Gasteiger partial charge in [0.05, 0.1) is 10.6 Å². The van der Waals surface area contributed by atoms with Crippen LogP contribution >= 0.6 is 12.2 Å². The van der Waals surface area contributed by atoms with Gasteiger partial charge < -0.3 is 15.7 Å². The van der Waals surface area contributed by atoms with Gasteiger partial charge in [-0.15, -0.1) is 0 Å². The van der Waals surface area contributed by atoms with Crippen molar-refractivity contribution >= 4 is 17.2 Å². The summed E-state index contributed by atoms with van der Waals surface area (Å²) in [5.74, 6) is 0. The Morgan fingerprint density at radius 1 is 1.57 bits per heavy atom. The Morgan fingerprint density at radius 2 is 2.07 bits per heavy atom. The van der Waals surface area contributed by atoms with Gasteiger partial charge in [-0.25, -0.2) is 0 Å². The van der Waals surface area contributed by atoms with E-state index in [0.29, 0.717) is 11.0 Å². The molecule has 3 N–H and O–H groups in total. The first-order valence-electron chi connectivity index (χ1n) is 4.93. The van der Waals surface area contributed by atoms with Crippen molar-refractivity contribution in [1.29, 1.82) is 0 Å². The fourth-order valence-corrected chi connectivity index (χ4v) is 1.36. The number of nitrogens with zero attached hydrogens (tertiary/aromatic N) is 1. The number of thiocarbonyl (C=S) groups is 1. The summed E-state index contributed by atoms with van der Waals surface area (Å²) < 4.78 is 0. The van der Waals surface area contributed by atoms with E-state index in [4.69, 9.17) is 18.0 Å². The highest BCUT2D eigenvalue weighted by atomic mass is 32.1. The predicted molar refractivity (Wildman–Crippen MR) is 64.4 cm³/mol. The van der Waals surface area contributed by atoms with Crippen molar-refractivity contribution in [3.05, 3.63) is 0 Å². The van der Waals surface area contributed by atoms with Crippen molar-refractivity contribution < 1.29 is 5.11 Å². The van der Waals surface area contributed by atoms with Crippen molar-refractivity contribution in [2.45, 2.75) is 45.3 Å². The molecule has 0 radical (unpaired) electrons. The summed E-state index contributed by atoms with van der Waals surface area (Å²) in [5.41, 5.74) is 4.87. The zero-order chi connectivity index (χ0) is 11.4. The summed E-state index contributed by atoms with van der Waals surface area (Å²) in [4.78, 5) is 2.71. The van der Waals surface area contributed by atoms with E-state index in [0.717, 1.165) is 19.4 Å². The van der Waals surface area contributed by atoms with E-state index in [1.807, 2.05) is 20.9 Å². The van der Waals surface area contributed by atoms with Crippen LogP contribution in [0.1, 0.15) is 33.6 Å². The minimum absolute atomic E-state index is 0.342. The van der Waals surface area contributed by atoms with Crippen LogP contribution in [0, 0.1) is 0 Å². The van der Waals surface area contributed by atoms with Crippen LogP contribution < -0.4 is 5.73 Å². The molecule has 14 heavy (non-hydrogen) atoms. The van der Waals surface area contributed by atoms with Crippen molar-refractivity contribution in [2.75, 3.05) is 13.6 Å². The fourth-order valence-electron chi connectivity index (χ4n) is 1.12. The maximum absolute atomic E-state index is 9.55. The fraction of sp³-hybridized carbons (Fsp3) is 0.900. The van der Waals surface area contributed by atoms with Gasteiger partial charge in [-0.2, -0.15) is 0 Å². The predicted octanol–water partition coefficient (Wildman–Crippen LogP) is 1.14. The van der Waals surface area contributed by atoms with Gasteiger partial charge in [0.15, 0.2) is 0 Å². The normalized spacial score (nSPS) is 14.4. The van der Waals surface area contributed by atoms with Crippen LogP contribution in [0.3, 0.4) is 0 Å². The molecule has 0 aliphatic rings. The maximum atomic E-state index is 9.55. The van der Waals surface area contributed by atoms with E-state index in [-0.39, 0.29) is 0 Å². The van der Waals surface area contributed by atoms with Gasteiger partial charge in [-0.1, -0.05) is 12.2 Å². The highest BCUT2D eigenvalue weighted by molar-refractivity contribution is 7.80. The lowest BCUT2D eigenvalue weighted by Gasteiger charge is -2.27.